The van der Waals surface area contributed by atoms with Crippen molar-refractivity contribution in [1.29, 1.82) is 0 Å². The highest BCUT2D eigenvalue weighted by molar-refractivity contribution is 5.86. The Morgan fingerprint density at radius 1 is 1.07 bits per heavy atom. The molecule has 2 N–H and O–H groups in total. The molecule has 156 valence electrons. The minimum atomic E-state index is -4.45. The molecule has 1 fully saturated rings. The molecule has 0 radical (unpaired) electrons. The van der Waals surface area contributed by atoms with Gasteiger partial charge in [-0.1, -0.05) is 37.5 Å². The molecule has 1 saturated carbocycles. The maximum atomic E-state index is 13.1. The largest absolute Gasteiger partial charge is 0.497 e. The van der Waals surface area contributed by atoms with Gasteiger partial charge in [-0.05, 0) is 48.7 Å². The number of carbonyl (C=O) groups is 1. The van der Waals surface area contributed by atoms with Crippen LogP contribution in [0, 0.1) is 0 Å². The van der Waals surface area contributed by atoms with Crippen molar-refractivity contribution in [2.45, 2.75) is 50.4 Å². The quantitative estimate of drug-likeness (QED) is 0.683. The van der Waals surface area contributed by atoms with E-state index < -0.39 is 17.8 Å². The Morgan fingerprint density at radius 2 is 1.76 bits per heavy atom. The lowest BCUT2D eigenvalue weighted by Gasteiger charge is -2.27. The lowest BCUT2D eigenvalue weighted by Crippen LogP contribution is -2.41. The van der Waals surface area contributed by atoms with E-state index in [-0.39, 0.29) is 17.6 Å². The van der Waals surface area contributed by atoms with Crippen LogP contribution in [0.2, 0.25) is 0 Å². The number of ether oxygens (including phenoxy) is 1. The number of carbonyl (C=O) groups excluding carboxylic acids is 1. The second-order valence-corrected chi connectivity index (χ2v) is 7.27. The summed E-state index contributed by atoms with van der Waals surface area (Å²) in [5.74, 6) is 0.388. The number of anilines is 1. The van der Waals surface area contributed by atoms with Gasteiger partial charge in [0, 0.05) is 11.7 Å². The van der Waals surface area contributed by atoms with E-state index in [0.717, 1.165) is 44.2 Å². The van der Waals surface area contributed by atoms with E-state index >= 15 is 0 Å². The highest BCUT2D eigenvalue weighted by atomic mass is 19.4. The van der Waals surface area contributed by atoms with Gasteiger partial charge in [0.05, 0.1) is 12.7 Å². The van der Waals surface area contributed by atoms with Crippen molar-refractivity contribution in [2.24, 2.45) is 0 Å². The van der Waals surface area contributed by atoms with Crippen LogP contribution < -0.4 is 15.4 Å². The summed E-state index contributed by atoms with van der Waals surface area (Å²) in [4.78, 5) is 13.0. The third-order valence-corrected chi connectivity index (χ3v) is 5.16. The van der Waals surface area contributed by atoms with Gasteiger partial charge in [0.1, 0.15) is 11.8 Å². The van der Waals surface area contributed by atoms with Gasteiger partial charge in [0.15, 0.2) is 0 Å². The minimum absolute atomic E-state index is 0.0975. The predicted octanol–water partition coefficient (Wildman–Crippen LogP) is 5.32. The zero-order valence-corrected chi connectivity index (χ0v) is 16.3. The molecule has 3 rings (SSSR count). The molecule has 1 unspecified atom stereocenters. The summed E-state index contributed by atoms with van der Waals surface area (Å²) < 4.78 is 44.3. The number of rotatable bonds is 6. The number of halogens is 3. The molecule has 2 aromatic rings. The fraction of sp³-hybridized carbons (Fsp3) is 0.409. The number of benzene rings is 2. The van der Waals surface area contributed by atoms with E-state index in [2.05, 4.69) is 10.6 Å². The fourth-order valence-corrected chi connectivity index (χ4v) is 3.58. The Balaban J connectivity index is 1.84. The second-order valence-electron chi connectivity index (χ2n) is 7.27. The fourth-order valence-electron chi connectivity index (χ4n) is 3.58. The highest BCUT2D eigenvalue weighted by Crippen LogP contribution is 2.32. The Labute approximate surface area is 168 Å². The molecule has 2 aromatic carbocycles. The first kappa shape index (κ1) is 21.0. The second kappa shape index (κ2) is 9.20. The molecule has 0 heterocycles. The lowest BCUT2D eigenvalue weighted by atomic mass is 9.95. The molecule has 0 bridgehead atoms. The molecule has 29 heavy (non-hydrogen) atoms. The van der Waals surface area contributed by atoms with Crippen molar-refractivity contribution in [3.8, 4) is 5.75 Å². The number of nitrogens with one attached hydrogen (secondary N) is 2. The summed E-state index contributed by atoms with van der Waals surface area (Å²) in [6.45, 7) is 0. The van der Waals surface area contributed by atoms with Crippen LogP contribution in [0.15, 0.2) is 48.5 Å². The van der Waals surface area contributed by atoms with Crippen LogP contribution in [0.3, 0.4) is 0 Å². The molecule has 1 aliphatic carbocycles. The van der Waals surface area contributed by atoms with Crippen molar-refractivity contribution in [1.82, 2.24) is 5.32 Å². The van der Waals surface area contributed by atoms with Crippen molar-refractivity contribution in [3.05, 3.63) is 59.7 Å². The van der Waals surface area contributed by atoms with Crippen LogP contribution in [0.1, 0.15) is 49.3 Å². The average molecular weight is 406 g/mol. The normalized spacial score (nSPS) is 16.1. The van der Waals surface area contributed by atoms with E-state index in [1.54, 1.807) is 31.4 Å². The van der Waals surface area contributed by atoms with Crippen LogP contribution >= 0.6 is 0 Å². The summed E-state index contributed by atoms with van der Waals surface area (Å²) in [5, 5.41) is 6.04. The van der Waals surface area contributed by atoms with Crippen LogP contribution in [-0.4, -0.2) is 19.1 Å². The smallest absolute Gasteiger partial charge is 0.416 e. The predicted molar refractivity (Wildman–Crippen MR) is 106 cm³/mol. The van der Waals surface area contributed by atoms with E-state index in [1.807, 2.05) is 0 Å². The molecule has 1 aliphatic rings. The number of hydrogen-bond donors (Lipinski definition) is 2. The van der Waals surface area contributed by atoms with Gasteiger partial charge in [-0.25, -0.2) is 0 Å². The van der Waals surface area contributed by atoms with E-state index in [9.17, 15) is 18.0 Å². The van der Waals surface area contributed by atoms with Crippen LogP contribution in [0.25, 0.3) is 0 Å². The Morgan fingerprint density at radius 3 is 2.38 bits per heavy atom. The summed E-state index contributed by atoms with van der Waals surface area (Å²) >= 11 is 0. The minimum Gasteiger partial charge on any atom is -0.497 e. The zero-order valence-electron chi connectivity index (χ0n) is 16.3. The number of alkyl halides is 3. The SMILES string of the molecule is COc1ccc(C(Nc2cccc(C(F)(F)F)c2)C(=O)NC2CCCCC2)cc1. The monoisotopic (exact) mass is 406 g/mol. The van der Waals surface area contributed by atoms with Crippen molar-refractivity contribution >= 4 is 11.6 Å². The van der Waals surface area contributed by atoms with Crippen LogP contribution in [-0.2, 0) is 11.0 Å². The Hall–Kier alpha value is -2.70. The van der Waals surface area contributed by atoms with Gasteiger partial charge in [-0.15, -0.1) is 0 Å². The third kappa shape index (κ3) is 5.65. The number of hydrogen-bond acceptors (Lipinski definition) is 3. The average Bonchev–Trinajstić information content (AvgIpc) is 2.72. The lowest BCUT2D eigenvalue weighted by molar-refractivity contribution is -0.137. The zero-order chi connectivity index (χ0) is 20.9. The maximum Gasteiger partial charge on any atom is 0.416 e. The van der Waals surface area contributed by atoms with Crippen molar-refractivity contribution in [2.75, 3.05) is 12.4 Å². The summed E-state index contributed by atoms with van der Waals surface area (Å²) in [6, 6.07) is 11.1. The summed E-state index contributed by atoms with van der Waals surface area (Å²) in [7, 11) is 1.54. The van der Waals surface area contributed by atoms with Gasteiger partial charge in [0.25, 0.3) is 0 Å². The first-order chi connectivity index (χ1) is 13.9. The van der Waals surface area contributed by atoms with Gasteiger partial charge in [-0.2, -0.15) is 13.2 Å². The van der Waals surface area contributed by atoms with Crippen molar-refractivity contribution < 1.29 is 22.7 Å². The molecule has 4 nitrogen and oxygen atoms in total. The van der Waals surface area contributed by atoms with Gasteiger partial charge in [-0.3, -0.25) is 4.79 Å². The molecule has 1 atom stereocenters. The first-order valence-electron chi connectivity index (χ1n) is 9.75. The molecule has 0 aliphatic heterocycles. The third-order valence-electron chi connectivity index (χ3n) is 5.16. The standard InChI is InChI=1S/C22H25F3N2O2/c1-29-19-12-10-15(11-13-19)20(21(28)27-17-7-3-2-4-8-17)26-18-9-5-6-16(14-18)22(23,24)25/h5-6,9-14,17,20,26H,2-4,7-8H2,1H3,(H,27,28). The maximum absolute atomic E-state index is 13.1. The van der Waals surface area contributed by atoms with E-state index in [1.165, 1.54) is 12.1 Å². The number of amides is 1. The molecule has 0 saturated heterocycles. The molecular weight excluding hydrogens is 381 g/mol. The molecule has 7 heteroatoms. The highest BCUT2D eigenvalue weighted by Gasteiger charge is 2.31. The molecular formula is C22H25F3N2O2. The first-order valence-corrected chi connectivity index (χ1v) is 9.75. The van der Waals surface area contributed by atoms with Gasteiger partial charge >= 0.3 is 6.18 Å². The Kier molecular flexibility index (Phi) is 6.67. The van der Waals surface area contributed by atoms with Crippen molar-refractivity contribution in [3.63, 3.8) is 0 Å². The van der Waals surface area contributed by atoms with E-state index in [0.29, 0.717) is 11.3 Å². The van der Waals surface area contributed by atoms with Gasteiger partial charge in [0.2, 0.25) is 5.91 Å². The van der Waals surface area contributed by atoms with Gasteiger partial charge < -0.3 is 15.4 Å². The summed E-state index contributed by atoms with van der Waals surface area (Å²) in [6.07, 6.45) is 0.697. The van der Waals surface area contributed by atoms with Crippen LogP contribution in [0.4, 0.5) is 18.9 Å². The number of methoxy groups -OCH3 is 1. The Bertz CT molecular complexity index is 816. The van der Waals surface area contributed by atoms with Crippen LogP contribution in [0.5, 0.6) is 5.75 Å². The molecule has 1 amide bonds. The molecule has 0 aromatic heterocycles. The topological polar surface area (TPSA) is 50.4 Å². The molecule has 0 spiro atoms. The van der Waals surface area contributed by atoms with E-state index in [4.69, 9.17) is 4.74 Å². The summed E-state index contributed by atoms with van der Waals surface area (Å²) in [5.41, 5.74) is 0.125.